The topological polar surface area (TPSA) is 45.5 Å². The largest absolute Gasteiger partial charge is 0.498 e. The SMILES string of the molecule is CC1(C)OB(c2cnn(C3CCC(O[Si](C)(C)C(C)(C)C)CC3)c2)OC1(C)C. The van der Waals surface area contributed by atoms with E-state index in [1.54, 1.807) is 0 Å². The first kappa shape index (κ1) is 22.1. The Bertz CT molecular complexity index is 672. The molecule has 0 amide bonds. The van der Waals surface area contributed by atoms with Crippen LogP contribution in [-0.2, 0) is 13.7 Å². The Balaban J connectivity index is 1.58. The average Bonchev–Trinajstić information content (AvgIpc) is 3.10. The van der Waals surface area contributed by atoms with E-state index in [2.05, 4.69) is 77.5 Å². The molecule has 5 nitrogen and oxygen atoms in total. The van der Waals surface area contributed by atoms with Crippen molar-refractivity contribution in [3.05, 3.63) is 12.4 Å². The van der Waals surface area contributed by atoms with Gasteiger partial charge in [-0.2, -0.15) is 5.10 Å². The Morgan fingerprint density at radius 2 is 1.61 bits per heavy atom. The van der Waals surface area contributed by atoms with Crippen LogP contribution in [0.25, 0.3) is 0 Å². The molecule has 1 aliphatic heterocycles. The number of nitrogens with zero attached hydrogens (tertiary/aromatic N) is 2. The summed E-state index contributed by atoms with van der Waals surface area (Å²) in [6.07, 6.45) is 8.87. The van der Waals surface area contributed by atoms with Gasteiger partial charge in [0.1, 0.15) is 0 Å². The summed E-state index contributed by atoms with van der Waals surface area (Å²) in [4.78, 5) is 0. The maximum Gasteiger partial charge on any atom is 0.498 e. The quantitative estimate of drug-likeness (QED) is 0.681. The van der Waals surface area contributed by atoms with E-state index in [9.17, 15) is 0 Å². The molecule has 0 aromatic carbocycles. The zero-order chi connectivity index (χ0) is 21.0. The highest BCUT2D eigenvalue weighted by atomic mass is 28.4. The molecule has 0 radical (unpaired) electrons. The van der Waals surface area contributed by atoms with Gasteiger partial charge in [0.2, 0.25) is 0 Å². The van der Waals surface area contributed by atoms with Gasteiger partial charge >= 0.3 is 7.12 Å². The van der Waals surface area contributed by atoms with Gasteiger partial charge in [0.05, 0.1) is 17.2 Å². The molecule has 1 aliphatic carbocycles. The average molecular weight is 406 g/mol. The van der Waals surface area contributed by atoms with Crippen LogP contribution in [0.5, 0.6) is 0 Å². The zero-order valence-corrected chi connectivity index (χ0v) is 20.3. The minimum atomic E-state index is -1.69. The molecule has 0 atom stereocenters. The summed E-state index contributed by atoms with van der Waals surface area (Å²) in [6, 6.07) is 0.440. The summed E-state index contributed by atoms with van der Waals surface area (Å²) >= 11 is 0. The monoisotopic (exact) mass is 406 g/mol. The normalized spacial score (nSPS) is 28.0. The summed E-state index contributed by atoms with van der Waals surface area (Å²) < 4.78 is 21.1. The van der Waals surface area contributed by atoms with E-state index < -0.39 is 8.32 Å². The van der Waals surface area contributed by atoms with E-state index in [4.69, 9.17) is 13.7 Å². The maximum atomic E-state index is 6.63. The molecule has 2 fully saturated rings. The standard InChI is InChI=1S/C21H39BN2O3Si/c1-19(2,3)28(8,9)25-18-12-10-17(11-13-18)24-15-16(14-23-24)22-26-20(4,5)21(6,7)27-22/h14-15,17-18H,10-13H2,1-9H3. The first-order chi connectivity index (χ1) is 12.7. The van der Waals surface area contributed by atoms with Crippen LogP contribution in [0.1, 0.15) is 80.2 Å². The molecule has 3 rings (SSSR count). The summed E-state index contributed by atoms with van der Waals surface area (Å²) in [7, 11) is -2.03. The highest BCUT2D eigenvalue weighted by Crippen LogP contribution is 2.40. The fourth-order valence-corrected chi connectivity index (χ4v) is 5.10. The third-order valence-electron chi connectivity index (χ3n) is 7.43. The van der Waals surface area contributed by atoms with Gasteiger partial charge in [-0.3, -0.25) is 4.68 Å². The molecule has 0 unspecified atom stereocenters. The lowest BCUT2D eigenvalue weighted by Gasteiger charge is -2.41. The van der Waals surface area contributed by atoms with E-state index in [-0.39, 0.29) is 23.4 Å². The van der Waals surface area contributed by atoms with Crippen molar-refractivity contribution in [2.24, 2.45) is 0 Å². The predicted molar refractivity (Wildman–Crippen MR) is 118 cm³/mol. The van der Waals surface area contributed by atoms with E-state index in [0.717, 1.165) is 31.1 Å². The van der Waals surface area contributed by atoms with Gasteiger partial charge < -0.3 is 13.7 Å². The van der Waals surface area contributed by atoms with Crippen LogP contribution in [0.3, 0.4) is 0 Å². The molecule has 0 N–H and O–H groups in total. The van der Waals surface area contributed by atoms with Crippen LogP contribution >= 0.6 is 0 Å². The lowest BCUT2D eigenvalue weighted by Crippen LogP contribution is -2.44. The second-order valence-electron chi connectivity index (χ2n) is 11.2. The van der Waals surface area contributed by atoms with Crippen molar-refractivity contribution in [1.82, 2.24) is 9.78 Å². The molecule has 1 aromatic rings. The van der Waals surface area contributed by atoms with Crippen LogP contribution < -0.4 is 5.46 Å². The first-order valence-corrected chi connectivity index (χ1v) is 13.7. The molecule has 1 saturated heterocycles. The number of hydrogen-bond acceptors (Lipinski definition) is 4. The summed E-state index contributed by atoms with van der Waals surface area (Å²) in [5, 5.41) is 4.91. The van der Waals surface area contributed by atoms with Gasteiger partial charge in [0.15, 0.2) is 8.32 Å². The Morgan fingerprint density at radius 1 is 1.07 bits per heavy atom. The Morgan fingerprint density at radius 3 is 2.11 bits per heavy atom. The van der Waals surface area contributed by atoms with E-state index >= 15 is 0 Å². The van der Waals surface area contributed by atoms with Crippen molar-refractivity contribution in [1.29, 1.82) is 0 Å². The van der Waals surface area contributed by atoms with Crippen molar-refractivity contribution in [2.45, 2.75) is 116 Å². The van der Waals surface area contributed by atoms with Crippen molar-refractivity contribution in [3.63, 3.8) is 0 Å². The zero-order valence-electron chi connectivity index (χ0n) is 19.3. The molecule has 0 bridgehead atoms. The molecule has 7 heteroatoms. The Kier molecular flexibility index (Phi) is 5.72. The first-order valence-electron chi connectivity index (χ1n) is 10.8. The summed E-state index contributed by atoms with van der Waals surface area (Å²) in [5.74, 6) is 0. The predicted octanol–water partition coefficient (Wildman–Crippen LogP) is 4.69. The molecular formula is C21H39BN2O3Si. The van der Waals surface area contributed by atoms with Crippen molar-refractivity contribution >= 4 is 20.9 Å². The fourth-order valence-electron chi connectivity index (χ4n) is 3.67. The van der Waals surface area contributed by atoms with Gasteiger partial charge in [-0.05, 0) is 71.5 Å². The van der Waals surface area contributed by atoms with Crippen LogP contribution in [0, 0.1) is 0 Å². The van der Waals surface area contributed by atoms with Gasteiger partial charge in [0, 0.05) is 24.0 Å². The lowest BCUT2D eigenvalue weighted by atomic mass is 9.82. The Hall–Kier alpha value is -0.628. The van der Waals surface area contributed by atoms with Crippen LogP contribution in [-0.4, -0.2) is 42.5 Å². The van der Waals surface area contributed by atoms with Crippen LogP contribution in [0.2, 0.25) is 18.1 Å². The second-order valence-corrected chi connectivity index (χ2v) is 15.9. The molecule has 158 valence electrons. The molecule has 0 spiro atoms. The van der Waals surface area contributed by atoms with Crippen molar-refractivity contribution in [2.75, 3.05) is 0 Å². The van der Waals surface area contributed by atoms with Gasteiger partial charge in [-0.15, -0.1) is 0 Å². The number of hydrogen-bond donors (Lipinski definition) is 0. The molecule has 2 heterocycles. The maximum absolute atomic E-state index is 6.63. The van der Waals surface area contributed by atoms with E-state index in [0.29, 0.717) is 12.1 Å². The van der Waals surface area contributed by atoms with Gasteiger partial charge in [-0.1, -0.05) is 20.8 Å². The smallest absolute Gasteiger partial charge is 0.414 e. The van der Waals surface area contributed by atoms with Gasteiger partial charge in [0.25, 0.3) is 0 Å². The fraction of sp³-hybridized carbons (Fsp3) is 0.857. The van der Waals surface area contributed by atoms with E-state index in [1.807, 2.05) is 6.20 Å². The minimum absolute atomic E-state index is 0.267. The molecule has 1 saturated carbocycles. The third kappa shape index (κ3) is 4.28. The minimum Gasteiger partial charge on any atom is -0.414 e. The summed E-state index contributed by atoms with van der Waals surface area (Å²) in [5.41, 5.74) is 0.371. The van der Waals surface area contributed by atoms with Crippen molar-refractivity contribution < 1.29 is 13.7 Å². The molecule has 2 aliphatic rings. The molecule has 1 aromatic heterocycles. The highest BCUT2D eigenvalue weighted by Gasteiger charge is 2.52. The second kappa shape index (κ2) is 7.26. The van der Waals surface area contributed by atoms with E-state index in [1.165, 1.54) is 0 Å². The lowest BCUT2D eigenvalue weighted by molar-refractivity contribution is 0.00578. The molecule has 28 heavy (non-hydrogen) atoms. The highest BCUT2D eigenvalue weighted by molar-refractivity contribution is 6.74. The van der Waals surface area contributed by atoms with Gasteiger partial charge in [-0.25, -0.2) is 0 Å². The third-order valence-corrected chi connectivity index (χ3v) is 12.0. The van der Waals surface area contributed by atoms with Crippen molar-refractivity contribution in [3.8, 4) is 0 Å². The van der Waals surface area contributed by atoms with Crippen LogP contribution in [0.4, 0.5) is 0 Å². The van der Waals surface area contributed by atoms with Crippen LogP contribution in [0.15, 0.2) is 12.4 Å². The number of aromatic nitrogens is 2. The summed E-state index contributed by atoms with van der Waals surface area (Å²) in [6.45, 7) is 20.0. The Labute approximate surface area is 172 Å². The number of rotatable bonds is 4. The molecular weight excluding hydrogens is 367 g/mol.